The molecule has 2 unspecified atom stereocenters. The van der Waals surface area contributed by atoms with Gasteiger partial charge in [-0.1, -0.05) is 34.5 Å². The Labute approximate surface area is 110 Å². The van der Waals surface area contributed by atoms with E-state index in [0.717, 1.165) is 17.3 Å². The van der Waals surface area contributed by atoms with Crippen LogP contribution in [0.3, 0.4) is 0 Å². The third-order valence-electron chi connectivity index (χ3n) is 3.64. The molecule has 2 rings (SSSR count). The Morgan fingerprint density at radius 3 is 2.82 bits per heavy atom. The summed E-state index contributed by atoms with van der Waals surface area (Å²) in [5.74, 6) is 0.253. The Hall–Kier alpha value is -0.830. The van der Waals surface area contributed by atoms with Gasteiger partial charge in [0.15, 0.2) is 0 Å². The number of hydrogen-bond acceptors (Lipinski definition) is 1. The van der Waals surface area contributed by atoms with Crippen LogP contribution in [0.1, 0.15) is 31.2 Å². The lowest BCUT2D eigenvalue weighted by Crippen LogP contribution is -2.15. The van der Waals surface area contributed by atoms with Crippen LogP contribution in [0.5, 0.6) is 0 Å². The molecule has 1 N–H and O–H groups in total. The molecule has 17 heavy (non-hydrogen) atoms. The highest BCUT2D eigenvalue weighted by molar-refractivity contribution is 9.10. The topological polar surface area (TPSA) is 37.3 Å². The lowest BCUT2D eigenvalue weighted by Gasteiger charge is -2.17. The molecule has 2 atom stereocenters. The van der Waals surface area contributed by atoms with Crippen molar-refractivity contribution in [3.05, 3.63) is 34.3 Å². The Kier molecular flexibility index (Phi) is 4.21. The number of carboxylic acid groups (broad SMARTS) is 1. The van der Waals surface area contributed by atoms with Crippen molar-refractivity contribution in [1.82, 2.24) is 0 Å². The fourth-order valence-corrected chi connectivity index (χ4v) is 3.29. The van der Waals surface area contributed by atoms with Gasteiger partial charge in [-0.3, -0.25) is 4.79 Å². The van der Waals surface area contributed by atoms with Crippen molar-refractivity contribution in [2.75, 3.05) is 0 Å². The minimum absolute atomic E-state index is 0.332. The number of carboxylic acids is 1. The summed E-state index contributed by atoms with van der Waals surface area (Å²) >= 11 is 3.47. The van der Waals surface area contributed by atoms with E-state index < -0.39 is 5.97 Å². The van der Waals surface area contributed by atoms with Gasteiger partial charge in [-0.05, 0) is 48.8 Å². The molecule has 1 aromatic carbocycles. The second-order valence-corrected chi connectivity index (χ2v) is 5.80. The van der Waals surface area contributed by atoms with Crippen LogP contribution in [0.25, 0.3) is 0 Å². The third kappa shape index (κ3) is 3.56. The molecule has 0 saturated heterocycles. The van der Waals surface area contributed by atoms with Gasteiger partial charge in [-0.15, -0.1) is 0 Å². The smallest absolute Gasteiger partial charge is 0.303 e. The highest BCUT2D eigenvalue weighted by Crippen LogP contribution is 2.36. The molecule has 1 fully saturated rings. The van der Waals surface area contributed by atoms with Gasteiger partial charge < -0.3 is 5.11 Å². The van der Waals surface area contributed by atoms with Gasteiger partial charge in [0.2, 0.25) is 0 Å². The van der Waals surface area contributed by atoms with Crippen molar-refractivity contribution in [2.24, 2.45) is 11.8 Å². The molecule has 2 nitrogen and oxygen atoms in total. The predicted octanol–water partition coefficient (Wildman–Crippen LogP) is 3.88. The highest BCUT2D eigenvalue weighted by atomic mass is 79.9. The van der Waals surface area contributed by atoms with Crippen molar-refractivity contribution >= 4 is 21.9 Å². The number of carbonyl (C=O) groups is 1. The molecule has 3 heteroatoms. The summed E-state index contributed by atoms with van der Waals surface area (Å²) in [6.07, 6.45) is 4.77. The van der Waals surface area contributed by atoms with E-state index >= 15 is 0 Å². The molecule has 0 radical (unpaired) electrons. The highest BCUT2D eigenvalue weighted by Gasteiger charge is 2.28. The van der Waals surface area contributed by atoms with E-state index in [1.807, 2.05) is 12.1 Å². The van der Waals surface area contributed by atoms with Crippen LogP contribution in [0, 0.1) is 11.8 Å². The summed E-state index contributed by atoms with van der Waals surface area (Å²) in [4.78, 5) is 10.8. The van der Waals surface area contributed by atoms with E-state index in [2.05, 4.69) is 28.1 Å². The van der Waals surface area contributed by atoms with Gasteiger partial charge in [0.05, 0.1) is 0 Å². The Balaban J connectivity index is 2.00. The largest absolute Gasteiger partial charge is 0.481 e. The first-order chi connectivity index (χ1) is 8.15. The molecule has 0 bridgehead atoms. The second kappa shape index (κ2) is 5.67. The molecule has 92 valence electrons. The first-order valence-corrected chi connectivity index (χ1v) is 6.90. The molecule has 1 saturated carbocycles. The minimum Gasteiger partial charge on any atom is -0.481 e. The number of benzene rings is 1. The summed E-state index contributed by atoms with van der Waals surface area (Å²) in [6, 6.07) is 8.32. The van der Waals surface area contributed by atoms with E-state index in [0.29, 0.717) is 18.3 Å². The Morgan fingerprint density at radius 1 is 1.35 bits per heavy atom. The fraction of sp³-hybridized carbons (Fsp3) is 0.500. The maximum Gasteiger partial charge on any atom is 0.303 e. The summed E-state index contributed by atoms with van der Waals surface area (Å²) in [5, 5.41) is 8.89. The van der Waals surface area contributed by atoms with Crippen molar-refractivity contribution in [3.63, 3.8) is 0 Å². The summed E-state index contributed by atoms with van der Waals surface area (Å²) < 4.78 is 1.10. The molecule has 1 aliphatic carbocycles. The molecule has 0 aliphatic heterocycles. The molecule has 0 amide bonds. The molecule has 0 heterocycles. The Bertz CT molecular complexity index is 403. The zero-order chi connectivity index (χ0) is 12.3. The first-order valence-electron chi connectivity index (χ1n) is 6.11. The number of aliphatic carboxylic acids is 1. The summed E-state index contributed by atoms with van der Waals surface area (Å²) in [5.41, 5.74) is 1.31. The van der Waals surface area contributed by atoms with Crippen LogP contribution in [-0.2, 0) is 11.2 Å². The lowest BCUT2D eigenvalue weighted by molar-refractivity contribution is -0.138. The monoisotopic (exact) mass is 296 g/mol. The van der Waals surface area contributed by atoms with E-state index in [9.17, 15) is 4.79 Å². The van der Waals surface area contributed by atoms with E-state index in [1.165, 1.54) is 18.4 Å². The van der Waals surface area contributed by atoms with Crippen molar-refractivity contribution in [3.8, 4) is 0 Å². The van der Waals surface area contributed by atoms with Crippen LogP contribution < -0.4 is 0 Å². The number of hydrogen-bond donors (Lipinski definition) is 1. The van der Waals surface area contributed by atoms with Gasteiger partial charge in [0.25, 0.3) is 0 Å². The van der Waals surface area contributed by atoms with Crippen LogP contribution in [0.2, 0.25) is 0 Å². The SMILES string of the molecule is O=C(O)CC1CCCC1Cc1cccc(Br)c1. The zero-order valence-corrected chi connectivity index (χ0v) is 11.3. The quantitative estimate of drug-likeness (QED) is 0.915. The molecular weight excluding hydrogens is 280 g/mol. The average Bonchev–Trinajstić information content (AvgIpc) is 2.65. The van der Waals surface area contributed by atoms with Gasteiger partial charge in [0.1, 0.15) is 0 Å². The number of rotatable bonds is 4. The zero-order valence-electron chi connectivity index (χ0n) is 9.73. The van der Waals surface area contributed by atoms with Gasteiger partial charge >= 0.3 is 5.97 Å². The van der Waals surface area contributed by atoms with Crippen LogP contribution in [-0.4, -0.2) is 11.1 Å². The van der Waals surface area contributed by atoms with Gasteiger partial charge in [0, 0.05) is 10.9 Å². The van der Waals surface area contributed by atoms with Gasteiger partial charge in [-0.25, -0.2) is 0 Å². The molecular formula is C14H17BrO2. The number of halogens is 1. The van der Waals surface area contributed by atoms with E-state index in [-0.39, 0.29) is 0 Å². The molecule has 1 aromatic rings. The predicted molar refractivity (Wildman–Crippen MR) is 70.9 cm³/mol. The van der Waals surface area contributed by atoms with Crippen LogP contribution in [0.15, 0.2) is 28.7 Å². The van der Waals surface area contributed by atoms with Crippen molar-refractivity contribution in [2.45, 2.75) is 32.1 Å². The fourth-order valence-electron chi connectivity index (χ4n) is 2.84. The van der Waals surface area contributed by atoms with Crippen LogP contribution in [0.4, 0.5) is 0 Å². The van der Waals surface area contributed by atoms with E-state index in [4.69, 9.17) is 5.11 Å². The molecule has 0 aromatic heterocycles. The third-order valence-corrected chi connectivity index (χ3v) is 4.13. The summed E-state index contributed by atoms with van der Waals surface area (Å²) in [6.45, 7) is 0. The van der Waals surface area contributed by atoms with Gasteiger partial charge in [-0.2, -0.15) is 0 Å². The summed E-state index contributed by atoms with van der Waals surface area (Å²) in [7, 11) is 0. The van der Waals surface area contributed by atoms with Crippen molar-refractivity contribution < 1.29 is 9.90 Å². The maximum absolute atomic E-state index is 10.8. The lowest BCUT2D eigenvalue weighted by atomic mass is 9.87. The Morgan fingerprint density at radius 2 is 2.12 bits per heavy atom. The second-order valence-electron chi connectivity index (χ2n) is 4.88. The first kappa shape index (κ1) is 12.6. The minimum atomic E-state index is -0.656. The normalized spacial score (nSPS) is 23.8. The standard InChI is InChI=1S/C14H17BrO2/c15-13-6-1-3-10(8-13)7-11-4-2-5-12(11)9-14(16)17/h1,3,6,8,11-12H,2,4-5,7,9H2,(H,16,17). The molecule has 0 spiro atoms. The van der Waals surface area contributed by atoms with Crippen LogP contribution >= 0.6 is 15.9 Å². The van der Waals surface area contributed by atoms with Crippen molar-refractivity contribution in [1.29, 1.82) is 0 Å². The van der Waals surface area contributed by atoms with E-state index in [1.54, 1.807) is 0 Å². The molecule has 1 aliphatic rings. The maximum atomic E-state index is 10.8. The average molecular weight is 297 g/mol.